The second-order valence-electron chi connectivity index (χ2n) is 6.40. The number of amides is 2. The number of hydrazine groups is 1. The molecule has 0 aliphatic carbocycles. The third-order valence-electron chi connectivity index (χ3n) is 4.62. The largest absolute Gasteiger partial charge is 0.379 e. The normalized spacial score (nSPS) is 17.2. The van der Waals surface area contributed by atoms with Crippen LogP contribution in [0.25, 0.3) is 0 Å². The first kappa shape index (κ1) is 16.7. The maximum atomic E-state index is 12.9. The number of fused-ring (bicyclic) bond motifs is 1. The summed E-state index contributed by atoms with van der Waals surface area (Å²) in [5.41, 5.74) is 5.66. The van der Waals surface area contributed by atoms with Crippen LogP contribution in [-0.4, -0.2) is 53.0 Å². The average Bonchev–Trinajstić information content (AvgIpc) is 2.99. The van der Waals surface area contributed by atoms with Crippen LogP contribution in [0, 0.1) is 0 Å². The van der Waals surface area contributed by atoms with Crippen molar-refractivity contribution in [2.24, 2.45) is 0 Å². The summed E-state index contributed by atoms with van der Waals surface area (Å²) in [6.07, 6.45) is 3.46. The van der Waals surface area contributed by atoms with Crippen LogP contribution in [0.1, 0.15) is 31.8 Å². The van der Waals surface area contributed by atoms with Crippen LogP contribution in [0.15, 0.2) is 42.7 Å². The monoisotopic (exact) mass is 352 g/mol. The Hall–Kier alpha value is -2.77. The molecule has 0 atom stereocenters. The number of rotatable bonds is 4. The van der Waals surface area contributed by atoms with E-state index in [1.54, 1.807) is 23.4 Å². The van der Waals surface area contributed by atoms with E-state index in [4.69, 9.17) is 4.74 Å². The molecule has 4 rings (SSSR count). The van der Waals surface area contributed by atoms with Crippen molar-refractivity contribution in [2.75, 3.05) is 26.3 Å². The summed E-state index contributed by atoms with van der Waals surface area (Å²) in [5, 5.41) is 1.83. The first-order valence-corrected chi connectivity index (χ1v) is 8.66. The molecule has 0 bridgehead atoms. The highest BCUT2D eigenvalue weighted by Crippen LogP contribution is 2.27. The summed E-state index contributed by atoms with van der Waals surface area (Å²) >= 11 is 0. The van der Waals surface area contributed by atoms with Crippen molar-refractivity contribution < 1.29 is 14.3 Å². The van der Waals surface area contributed by atoms with Crippen molar-refractivity contribution >= 4 is 11.8 Å². The molecule has 1 aromatic heterocycles. The van der Waals surface area contributed by atoms with Gasteiger partial charge in [-0.2, -0.15) is 0 Å². The quantitative estimate of drug-likeness (QED) is 0.895. The van der Waals surface area contributed by atoms with Crippen molar-refractivity contribution in [3.05, 3.63) is 65.0 Å². The van der Waals surface area contributed by atoms with Gasteiger partial charge in [-0.05, 0) is 23.3 Å². The van der Waals surface area contributed by atoms with Gasteiger partial charge < -0.3 is 9.64 Å². The summed E-state index contributed by atoms with van der Waals surface area (Å²) in [6, 6.07) is 9.23. The Morgan fingerprint density at radius 1 is 1.19 bits per heavy atom. The molecule has 2 aromatic rings. The molecule has 134 valence electrons. The van der Waals surface area contributed by atoms with Crippen LogP contribution in [0.3, 0.4) is 0 Å². The second-order valence-corrected chi connectivity index (χ2v) is 6.40. The summed E-state index contributed by atoms with van der Waals surface area (Å²) in [5.74, 6) is -0.364. The Balaban J connectivity index is 1.53. The summed E-state index contributed by atoms with van der Waals surface area (Å²) in [6.45, 7) is 3.44. The highest BCUT2D eigenvalue weighted by molar-refractivity contribution is 6.09. The highest BCUT2D eigenvalue weighted by atomic mass is 16.5. The lowest BCUT2D eigenvalue weighted by Gasteiger charge is -2.27. The molecular weight excluding hydrogens is 332 g/mol. The van der Waals surface area contributed by atoms with Crippen molar-refractivity contribution in [1.29, 1.82) is 0 Å². The number of aromatic nitrogens is 1. The Labute approximate surface area is 151 Å². The van der Waals surface area contributed by atoms with Gasteiger partial charge in [0.15, 0.2) is 0 Å². The van der Waals surface area contributed by atoms with Crippen LogP contribution in [-0.2, 0) is 17.8 Å². The molecular formula is C19H20N4O3. The minimum absolute atomic E-state index is 0.114. The van der Waals surface area contributed by atoms with Gasteiger partial charge in [0.1, 0.15) is 0 Å². The maximum absolute atomic E-state index is 12.9. The number of morpholine rings is 1. The van der Waals surface area contributed by atoms with Crippen LogP contribution in [0.5, 0.6) is 0 Å². The van der Waals surface area contributed by atoms with E-state index < -0.39 is 0 Å². The van der Waals surface area contributed by atoms with Gasteiger partial charge in [0, 0.05) is 38.6 Å². The predicted octanol–water partition coefficient (Wildman–Crippen LogP) is 1.21. The van der Waals surface area contributed by atoms with E-state index >= 15 is 0 Å². The lowest BCUT2D eigenvalue weighted by Crippen LogP contribution is -2.48. The molecule has 0 spiro atoms. The van der Waals surface area contributed by atoms with E-state index in [-0.39, 0.29) is 11.8 Å². The minimum Gasteiger partial charge on any atom is -0.379 e. The fraction of sp³-hybridized carbons (Fsp3) is 0.316. The summed E-state index contributed by atoms with van der Waals surface area (Å²) in [4.78, 5) is 31.5. The van der Waals surface area contributed by atoms with Crippen LogP contribution in [0.2, 0.25) is 0 Å². The molecule has 0 saturated carbocycles. The van der Waals surface area contributed by atoms with E-state index in [0.29, 0.717) is 50.5 Å². The Kier molecular flexibility index (Phi) is 4.64. The molecule has 0 radical (unpaired) electrons. The Morgan fingerprint density at radius 3 is 2.81 bits per heavy atom. The zero-order valence-electron chi connectivity index (χ0n) is 14.4. The highest BCUT2D eigenvalue weighted by Gasteiger charge is 2.32. The average molecular weight is 352 g/mol. The molecule has 2 aliphatic heterocycles. The molecule has 0 unspecified atom stereocenters. The first-order chi connectivity index (χ1) is 12.7. The summed E-state index contributed by atoms with van der Waals surface area (Å²) in [7, 11) is 0. The van der Waals surface area contributed by atoms with E-state index in [2.05, 4.69) is 10.4 Å². The number of ether oxygens (including phenoxy) is 1. The fourth-order valence-corrected chi connectivity index (χ4v) is 3.33. The van der Waals surface area contributed by atoms with Gasteiger partial charge in [-0.1, -0.05) is 18.2 Å². The van der Waals surface area contributed by atoms with Crippen molar-refractivity contribution in [2.45, 2.75) is 13.1 Å². The molecule has 2 amide bonds. The molecule has 3 heterocycles. The number of hydrogen-bond donors (Lipinski definition) is 1. The topological polar surface area (TPSA) is 74.8 Å². The number of pyridine rings is 1. The van der Waals surface area contributed by atoms with E-state index in [9.17, 15) is 9.59 Å². The lowest BCUT2D eigenvalue weighted by atomic mass is 10.0. The zero-order valence-corrected chi connectivity index (χ0v) is 14.4. The van der Waals surface area contributed by atoms with Gasteiger partial charge in [0.25, 0.3) is 11.8 Å². The maximum Gasteiger partial charge on any atom is 0.266 e. The molecule has 7 nitrogen and oxygen atoms in total. The van der Waals surface area contributed by atoms with Gasteiger partial charge in [-0.15, -0.1) is 0 Å². The molecule has 26 heavy (non-hydrogen) atoms. The first-order valence-electron chi connectivity index (χ1n) is 8.66. The Bertz CT molecular complexity index is 819. The number of benzene rings is 1. The number of carbonyl (C=O) groups is 2. The predicted molar refractivity (Wildman–Crippen MR) is 94.1 cm³/mol. The molecule has 1 aromatic carbocycles. The third kappa shape index (κ3) is 3.31. The SMILES string of the molecule is O=C(NN1CCOCC1)c1cccc2c1C(=O)N(Cc1cccnc1)C2. The van der Waals surface area contributed by atoms with Crippen LogP contribution in [0.4, 0.5) is 0 Å². The van der Waals surface area contributed by atoms with E-state index in [1.165, 1.54) is 0 Å². The molecule has 1 fully saturated rings. The van der Waals surface area contributed by atoms with E-state index in [0.717, 1.165) is 11.1 Å². The standard InChI is InChI=1S/C19H20N4O3/c24-18(21-23-7-9-26-10-8-23)16-5-1-4-15-13-22(19(25)17(15)16)12-14-3-2-6-20-11-14/h1-6,11H,7-10,12-13H2,(H,21,24). The number of nitrogens with one attached hydrogen (secondary N) is 1. The zero-order chi connectivity index (χ0) is 17.9. The second kappa shape index (κ2) is 7.23. The smallest absolute Gasteiger partial charge is 0.266 e. The van der Waals surface area contributed by atoms with Crippen molar-refractivity contribution in [1.82, 2.24) is 20.3 Å². The number of carbonyl (C=O) groups excluding carboxylic acids is 2. The number of hydrogen-bond acceptors (Lipinski definition) is 5. The van der Waals surface area contributed by atoms with Gasteiger partial charge in [0.2, 0.25) is 0 Å². The molecule has 2 aliphatic rings. The van der Waals surface area contributed by atoms with E-state index in [1.807, 2.05) is 29.3 Å². The van der Waals surface area contributed by atoms with Gasteiger partial charge >= 0.3 is 0 Å². The molecule has 1 saturated heterocycles. The van der Waals surface area contributed by atoms with Crippen molar-refractivity contribution in [3.63, 3.8) is 0 Å². The van der Waals surface area contributed by atoms with Gasteiger partial charge in [0.05, 0.1) is 24.3 Å². The van der Waals surface area contributed by atoms with Crippen molar-refractivity contribution in [3.8, 4) is 0 Å². The summed E-state index contributed by atoms with van der Waals surface area (Å²) < 4.78 is 5.29. The van der Waals surface area contributed by atoms with Crippen LogP contribution < -0.4 is 5.43 Å². The third-order valence-corrected chi connectivity index (χ3v) is 4.62. The van der Waals surface area contributed by atoms with Gasteiger partial charge in [-0.3, -0.25) is 20.0 Å². The number of nitrogens with zero attached hydrogens (tertiary/aromatic N) is 3. The molecule has 1 N–H and O–H groups in total. The van der Waals surface area contributed by atoms with Gasteiger partial charge in [-0.25, -0.2) is 5.01 Å². The molecule has 7 heteroatoms. The fourth-order valence-electron chi connectivity index (χ4n) is 3.33. The lowest BCUT2D eigenvalue weighted by molar-refractivity contribution is 0.0125. The van der Waals surface area contributed by atoms with Crippen LogP contribution >= 0.6 is 0 Å². The Morgan fingerprint density at radius 2 is 2.04 bits per heavy atom. The minimum atomic E-state index is -0.250.